The second-order valence-corrected chi connectivity index (χ2v) is 5.71. The maximum absolute atomic E-state index is 12.4. The van der Waals surface area contributed by atoms with Crippen LogP contribution < -0.4 is 5.32 Å². The molecule has 0 fully saturated rings. The van der Waals surface area contributed by atoms with E-state index < -0.39 is 0 Å². The third-order valence-electron chi connectivity index (χ3n) is 3.94. The van der Waals surface area contributed by atoms with Crippen molar-refractivity contribution in [3.63, 3.8) is 0 Å². The van der Waals surface area contributed by atoms with Gasteiger partial charge in [-0.3, -0.25) is 9.78 Å². The summed E-state index contributed by atoms with van der Waals surface area (Å²) in [4.78, 5) is 16.3. The van der Waals surface area contributed by atoms with Crippen molar-refractivity contribution in [2.75, 3.05) is 11.9 Å². The van der Waals surface area contributed by atoms with Crippen LogP contribution in [0.5, 0.6) is 0 Å². The van der Waals surface area contributed by atoms with Gasteiger partial charge in [0.15, 0.2) is 5.76 Å². The molecule has 7 heteroatoms. The Balaban J connectivity index is 1.67. The maximum atomic E-state index is 12.4. The minimum absolute atomic E-state index is 0.100. The van der Waals surface area contributed by atoms with E-state index in [2.05, 4.69) is 15.4 Å². The summed E-state index contributed by atoms with van der Waals surface area (Å²) >= 11 is 0. The molecule has 2 N–H and O–H groups in total. The van der Waals surface area contributed by atoms with E-state index in [-0.39, 0.29) is 19.1 Å². The third-order valence-corrected chi connectivity index (χ3v) is 3.94. The van der Waals surface area contributed by atoms with Gasteiger partial charge in [0.1, 0.15) is 17.1 Å². The van der Waals surface area contributed by atoms with Crippen LogP contribution in [0.2, 0.25) is 0 Å². The monoisotopic (exact) mass is 348 g/mol. The van der Waals surface area contributed by atoms with Gasteiger partial charge in [-0.15, -0.1) is 0 Å². The van der Waals surface area contributed by atoms with Crippen molar-refractivity contribution in [3.8, 4) is 11.5 Å². The third kappa shape index (κ3) is 3.07. The summed E-state index contributed by atoms with van der Waals surface area (Å²) in [6.45, 7) is 0.153. The molecular formula is C19H16N4O3. The molecule has 7 nitrogen and oxygen atoms in total. The molecular weight excluding hydrogens is 332 g/mol. The van der Waals surface area contributed by atoms with E-state index in [4.69, 9.17) is 4.42 Å². The van der Waals surface area contributed by atoms with Crippen molar-refractivity contribution >= 4 is 22.7 Å². The lowest BCUT2D eigenvalue weighted by Crippen LogP contribution is -2.16. The van der Waals surface area contributed by atoms with E-state index in [1.165, 1.54) is 10.9 Å². The molecule has 0 aliphatic heterocycles. The van der Waals surface area contributed by atoms with Crippen molar-refractivity contribution in [2.24, 2.45) is 0 Å². The lowest BCUT2D eigenvalue weighted by Gasteiger charge is -2.07. The van der Waals surface area contributed by atoms with Crippen LogP contribution in [0.15, 0.2) is 65.3 Å². The first-order valence-electron chi connectivity index (χ1n) is 8.13. The number of aromatic nitrogens is 3. The number of carbonyl (C=O) groups is 1. The predicted molar refractivity (Wildman–Crippen MR) is 96.7 cm³/mol. The highest BCUT2D eigenvalue weighted by Gasteiger charge is 2.16. The average Bonchev–Trinajstić information content (AvgIpc) is 3.27. The number of aliphatic hydroxyl groups excluding tert-OH is 1. The number of nitrogens with zero attached hydrogens (tertiary/aromatic N) is 3. The van der Waals surface area contributed by atoms with Crippen LogP contribution >= 0.6 is 0 Å². The smallest absolute Gasteiger partial charge is 0.258 e. The minimum Gasteiger partial charge on any atom is -0.454 e. The van der Waals surface area contributed by atoms with Crippen LogP contribution in [-0.4, -0.2) is 32.4 Å². The number of nitrogens with one attached hydrogen (secondary N) is 1. The molecule has 0 aliphatic rings. The molecule has 130 valence electrons. The number of carbonyl (C=O) groups excluding carboxylic acids is 1. The predicted octanol–water partition coefficient (Wildman–Crippen LogP) is 2.94. The highest BCUT2D eigenvalue weighted by Crippen LogP contribution is 2.28. The quantitative estimate of drug-likeness (QED) is 0.578. The molecule has 4 rings (SSSR count). The highest BCUT2D eigenvalue weighted by molar-refractivity contribution is 6.03. The zero-order chi connectivity index (χ0) is 17.9. The number of hydrogen-bond acceptors (Lipinski definition) is 5. The molecule has 0 aliphatic carbocycles. The number of benzene rings is 1. The first-order chi connectivity index (χ1) is 12.7. The molecule has 3 aromatic heterocycles. The van der Waals surface area contributed by atoms with E-state index in [9.17, 15) is 9.90 Å². The number of anilines is 1. The molecule has 26 heavy (non-hydrogen) atoms. The summed E-state index contributed by atoms with van der Waals surface area (Å²) in [5.41, 5.74) is 1.78. The fraction of sp³-hybridized carbons (Fsp3) is 0.105. The zero-order valence-electron chi connectivity index (χ0n) is 13.8. The molecule has 4 aromatic rings. The molecule has 0 saturated heterocycles. The van der Waals surface area contributed by atoms with Gasteiger partial charge < -0.3 is 14.8 Å². The Labute approximate surface area is 148 Å². The van der Waals surface area contributed by atoms with Crippen molar-refractivity contribution in [2.45, 2.75) is 6.54 Å². The van der Waals surface area contributed by atoms with Gasteiger partial charge in [0.05, 0.1) is 18.7 Å². The largest absolute Gasteiger partial charge is 0.454 e. The summed E-state index contributed by atoms with van der Waals surface area (Å²) in [7, 11) is 0. The number of hydrogen-bond donors (Lipinski definition) is 2. The zero-order valence-corrected chi connectivity index (χ0v) is 13.8. The molecule has 1 aromatic carbocycles. The summed E-state index contributed by atoms with van der Waals surface area (Å²) in [5.74, 6) is 0.775. The van der Waals surface area contributed by atoms with Crippen LogP contribution in [0.3, 0.4) is 0 Å². The van der Waals surface area contributed by atoms with Crippen LogP contribution in [-0.2, 0) is 6.54 Å². The van der Waals surface area contributed by atoms with Crippen LogP contribution in [0.4, 0.5) is 5.82 Å². The fourth-order valence-corrected chi connectivity index (χ4v) is 2.70. The number of fused-ring (bicyclic) bond motifs is 1. The number of aliphatic hydroxyl groups is 1. The van der Waals surface area contributed by atoms with E-state index in [1.807, 2.05) is 30.3 Å². The van der Waals surface area contributed by atoms with Crippen molar-refractivity contribution in [3.05, 3.63) is 66.5 Å². The van der Waals surface area contributed by atoms with Gasteiger partial charge in [0.25, 0.3) is 5.91 Å². The van der Waals surface area contributed by atoms with Gasteiger partial charge in [-0.1, -0.05) is 18.2 Å². The number of amides is 1. The van der Waals surface area contributed by atoms with Crippen molar-refractivity contribution < 1.29 is 14.3 Å². The minimum atomic E-state index is -0.298. The van der Waals surface area contributed by atoms with Crippen molar-refractivity contribution in [1.29, 1.82) is 0 Å². The number of rotatable bonds is 5. The SMILES string of the molecule is O=C(Nc1cc(-c2cc3ccccc3o2)nn1CCO)c1cccnc1. The standard InChI is InChI=1S/C19H16N4O3/c24-9-8-23-18(21-19(25)14-5-3-7-20-12-14)11-15(22-23)17-10-13-4-1-2-6-16(13)26-17/h1-7,10-12,24H,8-9H2,(H,21,25). The summed E-state index contributed by atoms with van der Waals surface area (Å²) in [6, 6.07) is 14.7. The Morgan fingerprint density at radius 3 is 2.85 bits per heavy atom. The fourth-order valence-electron chi connectivity index (χ4n) is 2.70. The lowest BCUT2D eigenvalue weighted by molar-refractivity contribution is 0.102. The average molecular weight is 348 g/mol. The topological polar surface area (TPSA) is 93.2 Å². The number of furan rings is 1. The Kier molecular flexibility index (Phi) is 4.20. The maximum Gasteiger partial charge on any atom is 0.258 e. The Morgan fingerprint density at radius 1 is 1.19 bits per heavy atom. The second kappa shape index (κ2) is 6.81. The number of pyridine rings is 1. The van der Waals surface area contributed by atoms with Gasteiger partial charge in [-0.2, -0.15) is 5.10 Å². The normalized spacial score (nSPS) is 11.0. The van der Waals surface area contributed by atoms with Crippen LogP contribution in [0.25, 0.3) is 22.4 Å². The Hall–Kier alpha value is -3.45. The summed E-state index contributed by atoms with van der Waals surface area (Å²) < 4.78 is 7.37. The molecule has 1 amide bonds. The Bertz CT molecular complexity index is 1020. The molecule has 0 saturated carbocycles. The molecule has 0 radical (unpaired) electrons. The summed E-state index contributed by atoms with van der Waals surface area (Å²) in [6.07, 6.45) is 3.09. The lowest BCUT2D eigenvalue weighted by atomic mass is 10.2. The van der Waals surface area contributed by atoms with Crippen molar-refractivity contribution in [1.82, 2.24) is 14.8 Å². The van der Waals surface area contributed by atoms with Gasteiger partial charge in [0, 0.05) is 23.8 Å². The van der Waals surface area contributed by atoms with Crippen LogP contribution in [0.1, 0.15) is 10.4 Å². The van der Waals surface area contributed by atoms with Gasteiger partial charge in [0.2, 0.25) is 0 Å². The van der Waals surface area contributed by atoms with E-state index in [1.54, 1.807) is 24.4 Å². The Morgan fingerprint density at radius 2 is 2.08 bits per heavy atom. The van der Waals surface area contributed by atoms with Crippen LogP contribution in [0, 0.1) is 0 Å². The first-order valence-corrected chi connectivity index (χ1v) is 8.13. The van der Waals surface area contributed by atoms with Gasteiger partial charge in [-0.05, 0) is 24.3 Å². The number of para-hydroxylation sites is 1. The molecule has 0 unspecified atom stereocenters. The van der Waals surface area contributed by atoms with E-state index in [0.717, 1.165) is 11.0 Å². The van der Waals surface area contributed by atoms with Gasteiger partial charge >= 0.3 is 0 Å². The first kappa shape index (κ1) is 16.0. The molecule has 0 spiro atoms. The van der Waals surface area contributed by atoms with E-state index >= 15 is 0 Å². The summed E-state index contributed by atoms with van der Waals surface area (Å²) in [5, 5.41) is 17.5. The molecule has 0 atom stereocenters. The second-order valence-electron chi connectivity index (χ2n) is 5.71. The molecule has 0 bridgehead atoms. The van der Waals surface area contributed by atoms with Gasteiger partial charge in [-0.25, -0.2) is 4.68 Å². The highest BCUT2D eigenvalue weighted by atomic mass is 16.3. The molecule has 3 heterocycles. The van der Waals surface area contributed by atoms with E-state index in [0.29, 0.717) is 22.8 Å².